The summed E-state index contributed by atoms with van der Waals surface area (Å²) in [6.07, 6.45) is 1.39. The lowest BCUT2D eigenvalue weighted by molar-refractivity contribution is -0.137. The minimum absolute atomic E-state index is 0.230. The molecule has 0 saturated heterocycles. The first-order chi connectivity index (χ1) is 17.9. The van der Waals surface area contributed by atoms with Gasteiger partial charge in [0.05, 0.1) is 19.9 Å². The number of carbonyl (C=O) groups is 3. The van der Waals surface area contributed by atoms with Gasteiger partial charge in [0.25, 0.3) is 0 Å². The van der Waals surface area contributed by atoms with Crippen LogP contribution in [0.4, 0.5) is 4.39 Å². The summed E-state index contributed by atoms with van der Waals surface area (Å²) in [6.45, 7) is 0.445. The van der Waals surface area contributed by atoms with Crippen molar-refractivity contribution in [3.8, 4) is 11.5 Å². The summed E-state index contributed by atoms with van der Waals surface area (Å²) in [5.74, 6) is -1.78. The Kier molecular flexibility index (Phi) is 10.8. The number of ether oxygens (including phenoxy) is 2. The molecule has 0 aromatic heterocycles. The zero-order valence-electron chi connectivity index (χ0n) is 20.9. The molecule has 0 fully saturated rings. The monoisotopic (exact) mass is 513 g/mol. The van der Waals surface area contributed by atoms with Crippen LogP contribution in [0, 0.1) is 5.92 Å². The van der Waals surface area contributed by atoms with Crippen LogP contribution in [0.5, 0.6) is 11.5 Å². The van der Waals surface area contributed by atoms with Crippen molar-refractivity contribution < 1.29 is 33.5 Å². The molecule has 11 heteroatoms. The lowest BCUT2D eigenvalue weighted by atomic mass is 9.73. The molecule has 9 nitrogen and oxygen atoms in total. The highest BCUT2D eigenvalue weighted by Crippen LogP contribution is 2.23. The van der Waals surface area contributed by atoms with E-state index < -0.39 is 36.3 Å². The molecule has 0 radical (unpaired) electrons. The number of hydrogen-bond donors (Lipinski definition) is 4. The lowest BCUT2D eigenvalue weighted by Crippen LogP contribution is -2.50. The summed E-state index contributed by atoms with van der Waals surface area (Å²) in [5.41, 5.74) is 3.30. The number of fused-ring (bicyclic) bond motifs is 11. The molecule has 2 aliphatic rings. The quantitative estimate of drug-likeness (QED) is 0.184. The average Bonchev–Trinajstić information content (AvgIpc) is 2.92. The second-order valence-corrected chi connectivity index (χ2v) is 9.02. The molecule has 1 unspecified atom stereocenters. The standard InChI is InChI=1S/C26H33BFN3O6/c27-23-21(24(32)31-35)3-1-13-36-19-8-4-17(5-9-19)15-22(30-26(23)34)25(33)29-16-18-6-10-20(11-7-18)37-14-2-12-28/h4-11,21-23,35H,1-3,12-16,27H2,(H,29,33)(H,30,34)(H,31,32)/t21-,22?,23+/m0/s1. The molecular weight excluding hydrogens is 480 g/mol. The largest absolute Gasteiger partial charge is 0.494 e. The Morgan fingerprint density at radius 1 is 1.14 bits per heavy atom. The molecular formula is C26H33BFN3O6. The van der Waals surface area contributed by atoms with Gasteiger partial charge >= 0.3 is 0 Å². The maximum Gasteiger partial charge on any atom is 0.246 e. The molecule has 4 rings (SSSR count). The average molecular weight is 513 g/mol. The molecule has 2 aliphatic heterocycles. The van der Waals surface area contributed by atoms with E-state index in [9.17, 15) is 18.8 Å². The van der Waals surface area contributed by atoms with E-state index in [1.54, 1.807) is 49.7 Å². The summed E-state index contributed by atoms with van der Waals surface area (Å²) in [6, 6.07) is 13.5. The Balaban J connectivity index is 1.71. The number of nitrogens with one attached hydrogen (secondary N) is 3. The molecule has 2 heterocycles. The predicted molar refractivity (Wildman–Crippen MR) is 137 cm³/mol. The van der Waals surface area contributed by atoms with E-state index in [-0.39, 0.29) is 18.9 Å². The highest BCUT2D eigenvalue weighted by molar-refractivity contribution is 6.25. The minimum Gasteiger partial charge on any atom is -0.494 e. The third-order valence-electron chi connectivity index (χ3n) is 6.33. The Labute approximate surface area is 216 Å². The van der Waals surface area contributed by atoms with Crippen LogP contribution in [0.2, 0.25) is 5.82 Å². The van der Waals surface area contributed by atoms with Crippen molar-refractivity contribution in [3.63, 3.8) is 0 Å². The second-order valence-electron chi connectivity index (χ2n) is 9.02. The second kappa shape index (κ2) is 14.2. The number of alkyl halides is 1. The first kappa shape index (κ1) is 28.0. The Hall–Kier alpha value is -3.60. The Morgan fingerprint density at radius 3 is 2.54 bits per heavy atom. The van der Waals surface area contributed by atoms with Gasteiger partial charge in [-0.1, -0.05) is 24.3 Å². The van der Waals surface area contributed by atoms with E-state index in [2.05, 4.69) is 10.6 Å². The van der Waals surface area contributed by atoms with Crippen LogP contribution in [-0.4, -0.2) is 56.7 Å². The van der Waals surface area contributed by atoms with Gasteiger partial charge in [-0.05, 0) is 48.2 Å². The number of hydroxylamine groups is 1. The van der Waals surface area contributed by atoms with E-state index in [0.717, 1.165) is 11.1 Å². The first-order valence-corrected chi connectivity index (χ1v) is 12.4. The van der Waals surface area contributed by atoms with E-state index in [4.69, 9.17) is 14.7 Å². The molecule has 2 aromatic carbocycles. The maximum atomic E-state index is 13.2. The van der Waals surface area contributed by atoms with Crippen LogP contribution in [0.15, 0.2) is 48.5 Å². The molecule has 2 aromatic rings. The van der Waals surface area contributed by atoms with Crippen LogP contribution in [-0.2, 0) is 27.3 Å². The van der Waals surface area contributed by atoms with Crippen molar-refractivity contribution in [3.05, 3.63) is 59.7 Å². The number of amides is 3. The summed E-state index contributed by atoms with van der Waals surface area (Å²) in [7, 11) is 1.60. The van der Waals surface area contributed by atoms with Crippen LogP contribution in [0.3, 0.4) is 0 Å². The predicted octanol–water partition coefficient (Wildman–Crippen LogP) is 1.48. The van der Waals surface area contributed by atoms with Gasteiger partial charge < -0.3 is 20.1 Å². The fraction of sp³-hybridized carbons (Fsp3) is 0.423. The third-order valence-corrected chi connectivity index (χ3v) is 6.33. The topological polar surface area (TPSA) is 126 Å². The lowest BCUT2D eigenvalue weighted by Gasteiger charge is -2.25. The Morgan fingerprint density at radius 2 is 1.86 bits per heavy atom. The number of halogens is 1. The van der Waals surface area contributed by atoms with E-state index in [0.29, 0.717) is 44.0 Å². The van der Waals surface area contributed by atoms with E-state index in [1.165, 1.54) is 0 Å². The highest BCUT2D eigenvalue weighted by Gasteiger charge is 2.32. The first-order valence-electron chi connectivity index (χ1n) is 12.4. The normalized spacial score (nSPS) is 20.2. The maximum absolute atomic E-state index is 13.2. The van der Waals surface area contributed by atoms with Crippen molar-refractivity contribution in [2.75, 3.05) is 19.9 Å². The number of benzene rings is 2. The molecule has 3 amide bonds. The number of rotatable bonds is 8. The Bertz CT molecular complexity index is 1040. The van der Waals surface area contributed by atoms with Crippen molar-refractivity contribution >= 4 is 25.6 Å². The van der Waals surface area contributed by atoms with Crippen molar-refractivity contribution in [2.24, 2.45) is 5.92 Å². The van der Waals surface area contributed by atoms with Crippen LogP contribution in [0.1, 0.15) is 30.4 Å². The van der Waals surface area contributed by atoms with Crippen LogP contribution < -0.4 is 25.6 Å². The molecule has 4 N–H and O–H groups in total. The van der Waals surface area contributed by atoms with E-state index in [1.807, 2.05) is 12.1 Å². The smallest absolute Gasteiger partial charge is 0.246 e. The van der Waals surface area contributed by atoms with Crippen molar-refractivity contribution in [1.29, 1.82) is 0 Å². The van der Waals surface area contributed by atoms with E-state index >= 15 is 0 Å². The van der Waals surface area contributed by atoms with Gasteiger partial charge in [-0.3, -0.25) is 24.0 Å². The summed E-state index contributed by atoms with van der Waals surface area (Å²) in [4.78, 5) is 38.5. The van der Waals surface area contributed by atoms with Gasteiger partial charge in [0.1, 0.15) is 25.4 Å². The molecule has 0 spiro atoms. The SMILES string of the molecule is B[C@H]1C(=O)NC(C(=O)NCc2ccc(OCCCF)cc2)Cc2ccc(cc2)OCCC[C@@H]1C(=O)NO. The third kappa shape index (κ3) is 8.49. The molecule has 198 valence electrons. The molecule has 2 bridgehead atoms. The van der Waals surface area contributed by atoms with Gasteiger partial charge in [0, 0.05) is 31.1 Å². The molecule has 37 heavy (non-hydrogen) atoms. The van der Waals surface area contributed by atoms with Crippen molar-refractivity contribution in [1.82, 2.24) is 16.1 Å². The summed E-state index contributed by atoms with van der Waals surface area (Å²) < 4.78 is 23.4. The summed E-state index contributed by atoms with van der Waals surface area (Å²) in [5, 5.41) is 14.8. The zero-order chi connectivity index (χ0) is 26.6. The minimum atomic E-state index is -0.884. The van der Waals surface area contributed by atoms with Gasteiger partial charge in [-0.15, -0.1) is 0 Å². The number of hydrogen-bond acceptors (Lipinski definition) is 6. The van der Waals surface area contributed by atoms with Gasteiger partial charge in [-0.25, -0.2) is 5.48 Å². The molecule has 3 atom stereocenters. The fourth-order valence-electron chi connectivity index (χ4n) is 4.10. The fourth-order valence-corrected chi connectivity index (χ4v) is 4.10. The van der Waals surface area contributed by atoms with Crippen LogP contribution in [0.25, 0.3) is 0 Å². The van der Waals surface area contributed by atoms with Gasteiger partial charge in [0.15, 0.2) is 0 Å². The molecule has 0 saturated carbocycles. The van der Waals surface area contributed by atoms with Crippen LogP contribution >= 0.6 is 0 Å². The summed E-state index contributed by atoms with van der Waals surface area (Å²) >= 11 is 0. The molecule has 0 aliphatic carbocycles. The van der Waals surface area contributed by atoms with Crippen molar-refractivity contribution in [2.45, 2.75) is 44.1 Å². The van der Waals surface area contributed by atoms with Gasteiger partial charge in [-0.2, -0.15) is 0 Å². The highest BCUT2D eigenvalue weighted by atomic mass is 19.1. The number of carbonyl (C=O) groups excluding carboxylic acids is 3. The van der Waals surface area contributed by atoms with Gasteiger partial charge in [0.2, 0.25) is 17.7 Å². The zero-order valence-corrected chi connectivity index (χ0v) is 20.9.